The van der Waals surface area contributed by atoms with Crippen LogP contribution >= 0.6 is 0 Å². The Balaban J connectivity index is 1.29. The van der Waals surface area contributed by atoms with Crippen molar-refractivity contribution in [2.24, 2.45) is 0 Å². The molecule has 0 atom stereocenters. The molecule has 0 fully saturated rings. The molecule has 0 saturated carbocycles. The van der Waals surface area contributed by atoms with Gasteiger partial charge in [0.25, 0.3) is 0 Å². The summed E-state index contributed by atoms with van der Waals surface area (Å²) in [6.45, 7) is 0. The van der Waals surface area contributed by atoms with Crippen LogP contribution in [0.2, 0.25) is 0 Å². The molecule has 0 saturated heterocycles. The summed E-state index contributed by atoms with van der Waals surface area (Å²) in [5.41, 5.74) is 15.3. The summed E-state index contributed by atoms with van der Waals surface area (Å²) in [7, 11) is 0. The third-order valence-corrected chi connectivity index (χ3v) is 9.73. The number of fused-ring (bicyclic) bond motifs is 10. The van der Waals surface area contributed by atoms with Crippen molar-refractivity contribution in [3.8, 4) is 33.6 Å². The normalized spacial score (nSPS) is 12.4. The highest BCUT2D eigenvalue weighted by atomic mass is 15.0. The fourth-order valence-electron chi connectivity index (χ4n) is 7.76. The highest BCUT2D eigenvalue weighted by Gasteiger charge is 2.22. The van der Waals surface area contributed by atoms with E-state index in [1.54, 1.807) is 0 Å². The van der Waals surface area contributed by atoms with Gasteiger partial charge in [0.05, 0.1) is 22.1 Å². The minimum Gasteiger partial charge on any atom is -0.309 e. The van der Waals surface area contributed by atoms with Gasteiger partial charge in [-0.05, 0) is 94.4 Å². The van der Waals surface area contributed by atoms with Crippen LogP contribution in [0.5, 0.6) is 0 Å². The molecule has 7 aromatic carbocycles. The predicted molar refractivity (Wildman–Crippen MR) is 189 cm³/mol. The van der Waals surface area contributed by atoms with Gasteiger partial charge in [-0.15, -0.1) is 0 Å². The van der Waals surface area contributed by atoms with Crippen LogP contribution in [0.1, 0.15) is 11.1 Å². The maximum Gasteiger partial charge on any atom is 0.0548 e. The van der Waals surface area contributed by atoms with E-state index in [-0.39, 0.29) is 0 Å². The molecule has 9 aromatic rings. The van der Waals surface area contributed by atoms with Crippen LogP contribution < -0.4 is 0 Å². The van der Waals surface area contributed by atoms with Gasteiger partial charge in [0.2, 0.25) is 0 Å². The molecule has 45 heavy (non-hydrogen) atoms. The van der Waals surface area contributed by atoms with E-state index in [9.17, 15) is 0 Å². The first kappa shape index (κ1) is 24.6. The van der Waals surface area contributed by atoms with E-state index in [0.29, 0.717) is 0 Å². The molecule has 1 aliphatic carbocycles. The summed E-state index contributed by atoms with van der Waals surface area (Å²) >= 11 is 0. The number of hydrogen-bond acceptors (Lipinski definition) is 0. The smallest absolute Gasteiger partial charge is 0.0548 e. The second kappa shape index (κ2) is 9.32. The number of nitrogens with zero attached hydrogens (tertiary/aromatic N) is 2. The molecule has 1 aliphatic rings. The van der Waals surface area contributed by atoms with Gasteiger partial charge in [-0.3, -0.25) is 0 Å². The zero-order chi connectivity index (χ0) is 29.5. The largest absolute Gasteiger partial charge is 0.309 e. The highest BCUT2D eigenvalue weighted by molar-refractivity contribution is 6.29. The van der Waals surface area contributed by atoms with Crippen LogP contribution in [0.3, 0.4) is 0 Å². The van der Waals surface area contributed by atoms with Gasteiger partial charge in [-0.25, -0.2) is 0 Å². The Hall–Kier alpha value is -5.86. The molecule has 0 unspecified atom stereocenters. The molecule has 2 nitrogen and oxygen atoms in total. The van der Waals surface area contributed by atoms with Crippen molar-refractivity contribution in [3.05, 3.63) is 169 Å². The Labute approximate surface area is 261 Å². The molecule has 10 rings (SSSR count). The maximum atomic E-state index is 2.45. The Morgan fingerprint density at radius 3 is 1.67 bits per heavy atom. The van der Waals surface area contributed by atoms with Crippen molar-refractivity contribution >= 4 is 43.6 Å². The zero-order valence-electron chi connectivity index (χ0n) is 24.6. The lowest BCUT2D eigenvalue weighted by Crippen LogP contribution is -1.94. The molecule has 2 aromatic heterocycles. The molecule has 2 heterocycles. The van der Waals surface area contributed by atoms with Crippen molar-refractivity contribution in [1.29, 1.82) is 0 Å². The van der Waals surface area contributed by atoms with Crippen molar-refractivity contribution < 1.29 is 0 Å². The second-order valence-corrected chi connectivity index (χ2v) is 12.2. The molecular formula is C43H28N2. The van der Waals surface area contributed by atoms with E-state index in [1.165, 1.54) is 88.4 Å². The maximum absolute atomic E-state index is 2.45. The van der Waals surface area contributed by atoms with Crippen LogP contribution in [-0.4, -0.2) is 9.13 Å². The third-order valence-electron chi connectivity index (χ3n) is 9.73. The van der Waals surface area contributed by atoms with Crippen LogP contribution in [0.15, 0.2) is 158 Å². The number of hydrogen-bond donors (Lipinski definition) is 0. The quantitative estimate of drug-likeness (QED) is 0.199. The van der Waals surface area contributed by atoms with Crippen LogP contribution in [0.25, 0.3) is 77.2 Å². The average Bonchev–Trinajstić information content (AvgIpc) is 3.76. The van der Waals surface area contributed by atoms with E-state index in [4.69, 9.17) is 0 Å². The van der Waals surface area contributed by atoms with Crippen molar-refractivity contribution in [1.82, 2.24) is 9.13 Å². The monoisotopic (exact) mass is 572 g/mol. The molecule has 210 valence electrons. The van der Waals surface area contributed by atoms with Crippen LogP contribution in [0, 0.1) is 0 Å². The average molecular weight is 573 g/mol. The van der Waals surface area contributed by atoms with Crippen molar-refractivity contribution in [2.75, 3.05) is 0 Å². The fraction of sp³-hybridized carbons (Fsp3) is 0.0233. The van der Waals surface area contributed by atoms with Crippen LogP contribution in [-0.2, 0) is 6.42 Å². The van der Waals surface area contributed by atoms with Gasteiger partial charge in [0, 0.05) is 32.9 Å². The first-order valence-electron chi connectivity index (χ1n) is 15.7. The first-order valence-corrected chi connectivity index (χ1v) is 15.7. The number of aromatic nitrogens is 2. The van der Waals surface area contributed by atoms with E-state index < -0.39 is 0 Å². The lowest BCUT2D eigenvalue weighted by molar-refractivity contribution is 1.17. The molecule has 2 heteroatoms. The minimum absolute atomic E-state index is 1.01. The summed E-state index contributed by atoms with van der Waals surface area (Å²) in [6.07, 6.45) is 1.01. The van der Waals surface area contributed by atoms with E-state index in [0.717, 1.165) is 6.42 Å². The predicted octanol–water partition coefficient (Wildman–Crippen LogP) is 11.1. The van der Waals surface area contributed by atoms with Crippen LogP contribution in [0.4, 0.5) is 0 Å². The molecule has 0 N–H and O–H groups in total. The SMILES string of the molecule is c1ccc(-n2c3ccccc3c3c4c5ccc(-c6ccc7c(c6)-c6ccccc6C7)cc5n(-c5ccccc5)c4ccc32)cc1. The second-order valence-electron chi connectivity index (χ2n) is 12.2. The number of para-hydroxylation sites is 3. The van der Waals surface area contributed by atoms with Gasteiger partial charge in [0.15, 0.2) is 0 Å². The highest BCUT2D eigenvalue weighted by Crippen LogP contribution is 2.44. The topological polar surface area (TPSA) is 9.86 Å². The fourth-order valence-corrected chi connectivity index (χ4v) is 7.76. The Morgan fingerprint density at radius 2 is 0.911 bits per heavy atom. The molecular weight excluding hydrogens is 544 g/mol. The summed E-state index contributed by atoms with van der Waals surface area (Å²) in [4.78, 5) is 0. The Bertz CT molecular complexity index is 2600. The van der Waals surface area contributed by atoms with E-state index in [2.05, 4.69) is 167 Å². The van der Waals surface area contributed by atoms with Gasteiger partial charge in [-0.1, -0.05) is 103 Å². The third kappa shape index (κ3) is 3.51. The Morgan fingerprint density at radius 1 is 0.356 bits per heavy atom. The molecule has 0 radical (unpaired) electrons. The van der Waals surface area contributed by atoms with Crippen molar-refractivity contribution in [3.63, 3.8) is 0 Å². The summed E-state index contributed by atoms with van der Waals surface area (Å²) in [6, 6.07) is 57.9. The number of rotatable bonds is 3. The van der Waals surface area contributed by atoms with E-state index in [1.807, 2.05) is 0 Å². The standard InChI is InChI=1S/C43H28N2/c1-3-12-32(13-4-1)44-38-18-10-9-17-35(38)42-39(44)23-24-40-43(42)36-22-21-29(27-41(36)45(40)33-14-5-2-6-15-33)28-19-20-31-25-30-11-7-8-16-34(30)37(31)26-28/h1-24,26-27H,25H2. The number of benzene rings is 7. The lowest BCUT2D eigenvalue weighted by atomic mass is 9.97. The van der Waals surface area contributed by atoms with Gasteiger partial charge in [0.1, 0.15) is 0 Å². The molecule has 0 aliphatic heterocycles. The summed E-state index contributed by atoms with van der Waals surface area (Å²) < 4.78 is 4.86. The van der Waals surface area contributed by atoms with E-state index >= 15 is 0 Å². The lowest BCUT2D eigenvalue weighted by Gasteiger charge is -2.10. The summed E-state index contributed by atoms with van der Waals surface area (Å²) in [5.74, 6) is 0. The van der Waals surface area contributed by atoms with Crippen molar-refractivity contribution in [2.45, 2.75) is 6.42 Å². The Kier molecular flexibility index (Phi) is 5.09. The van der Waals surface area contributed by atoms with Gasteiger partial charge < -0.3 is 9.13 Å². The first-order chi connectivity index (χ1) is 22.3. The summed E-state index contributed by atoms with van der Waals surface area (Å²) in [5, 5.41) is 5.14. The zero-order valence-corrected chi connectivity index (χ0v) is 24.6. The van der Waals surface area contributed by atoms with Gasteiger partial charge in [-0.2, -0.15) is 0 Å². The van der Waals surface area contributed by atoms with Gasteiger partial charge >= 0.3 is 0 Å². The molecule has 0 amide bonds. The molecule has 0 bridgehead atoms. The molecule has 0 spiro atoms. The minimum atomic E-state index is 1.01.